The molecule has 1 unspecified atom stereocenters. The Labute approximate surface area is 199 Å². The molecule has 5 rings (SSSR count). The Balaban J connectivity index is 1.67. The molecule has 4 aromatic rings. The van der Waals surface area contributed by atoms with Gasteiger partial charge in [-0.2, -0.15) is 0 Å². The molecule has 2 aromatic carbocycles. The maximum Gasteiger partial charge on any atom is 0.296 e. The summed E-state index contributed by atoms with van der Waals surface area (Å²) >= 11 is 1.12. The predicted octanol–water partition coefficient (Wildman–Crippen LogP) is 6.24. The van der Waals surface area contributed by atoms with E-state index in [2.05, 4.69) is 18.8 Å². The van der Waals surface area contributed by atoms with E-state index in [1.54, 1.807) is 13.0 Å². The van der Waals surface area contributed by atoms with Crippen molar-refractivity contribution < 1.29 is 23.5 Å². The van der Waals surface area contributed by atoms with Gasteiger partial charge in [-0.3, -0.25) is 14.5 Å². The van der Waals surface area contributed by atoms with E-state index in [-0.39, 0.29) is 16.5 Å². The van der Waals surface area contributed by atoms with Crippen LogP contribution in [0.25, 0.3) is 10.2 Å². The zero-order chi connectivity index (χ0) is 24.1. The van der Waals surface area contributed by atoms with Crippen molar-refractivity contribution >= 4 is 38.4 Å². The predicted molar refractivity (Wildman–Crippen MR) is 128 cm³/mol. The number of Topliss-reactive ketones (excluding diaryl/α,β-unsaturated/α-hetero) is 1. The van der Waals surface area contributed by atoms with Crippen LogP contribution in [0.2, 0.25) is 0 Å². The van der Waals surface area contributed by atoms with E-state index >= 15 is 0 Å². The van der Waals surface area contributed by atoms with Crippen molar-refractivity contribution in [1.82, 2.24) is 4.98 Å². The summed E-state index contributed by atoms with van der Waals surface area (Å²) in [5, 5.41) is 11.1. The number of amides is 1. The van der Waals surface area contributed by atoms with Gasteiger partial charge in [0, 0.05) is 0 Å². The van der Waals surface area contributed by atoms with Crippen molar-refractivity contribution in [3.63, 3.8) is 0 Å². The second kappa shape index (κ2) is 8.22. The number of aromatic nitrogens is 1. The molecular formula is C26H21FN2O4S. The van der Waals surface area contributed by atoms with Crippen LogP contribution in [-0.4, -0.2) is 21.8 Å². The van der Waals surface area contributed by atoms with Gasteiger partial charge in [0.05, 0.1) is 21.8 Å². The molecule has 0 spiro atoms. The number of carbonyl (C=O) groups excluding carboxylic acids is 2. The van der Waals surface area contributed by atoms with Crippen molar-refractivity contribution in [1.29, 1.82) is 0 Å². The van der Waals surface area contributed by atoms with E-state index in [0.29, 0.717) is 27.5 Å². The lowest BCUT2D eigenvalue weighted by Gasteiger charge is -2.24. The summed E-state index contributed by atoms with van der Waals surface area (Å²) in [6.45, 7) is 5.85. The second-order valence-electron chi connectivity index (χ2n) is 8.51. The molecular weight excluding hydrogens is 455 g/mol. The van der Waals surface area contributed by atoms with E-state index in [1.807, 2.05) is 24.3 Å². The molecule has 0 saturated carbocycles. The summed E-state index contributed by atoms with van der Waals surface area (Å²) in [6.07, 6.45) is 0. The standard InChI is InChI=1S/C26H21FN2O4S/c1-13(2)15-5-7-16(8-6-15)22-21(23(30)19-11-4-14(3)33-19)24(31)25(32)29(22)26-28-18-10-9-17(27)12-20(18)34-26/h4-13,22,31H,1-3H3. The average Bonchev–Trinajstić information content (AvgIpc) is 3.49. The number of anilines is 1. The molecule has 34 heavy (non-hydrogen) atoms. The smallest absolute Gasteiger partial charge is 0.296 e. The summed E-state index contributed by atoms with van der Waals surface area (Å²) < 4.78 is 19.8. The lowest BCUT2D eigenvalue weighted by Crippen LogP contribution is -2.31. The number of hydrogen-bond donors (Lipinski definition) is 1. The average molecular weight is 477 g/mol. The molecule has 1 atom stereocenters. The monoisotopic (exact) mass is 476 g/mol. The van der Waals surface area contributed by atoms with Gasteiger partial charge in [-0.25, -0.2) is 9.37 Å². The summed E-state index contributed by atoms with van der Waals surface area (Å²) in [6, 6.07) is 14.0. The van der Waals surface area contributed by atoms with E-state index in [9.17, 15) is 19.1 Å². The Kier molecular flexibility index (Phi) is 5.32. The molecule has 1 aliphatic heterocycles. The van der Waals surface area contributed by atoms with Crippen molar-refractivity contribution in [2.24, 2.45) is 0 Å². The van der Waals surface area contributed by atoms with Gasteiger partial charge in [0.15, 0.2) is 16.7 Å². The molecule has 172 valence electrons. The highest BCUT2D eigenvalue weighted by Gasteiger charge is 2.46. The SMILES string of the molecule is Cc1ccc(C(=O)C2=C(O)C(=O)N(c3nc4ccc(F)cc4s3)C2c2ccc(C(C)C)cc2)o1. The van der Waals surface area contributed by atoms with Crippen molar-refractivity contribution in [3.8, 4) is 0 Å². The third-order valence-electron chi connectivity index (χ3n) is 5.88. The Bertz CT molecular complexity index is 1470. The van der Waals surface area contributed by atoms with Crippen LogP contribution in [0.15, 0.2) is 70.3 Å². The normalized spacial score (nSPS) is 16.3. The van der Waals surface area contributed by atoms with Gasteiger partial charge >= 0.3 is 0 Å². The van der Waals surface area contributed by atoms with Crippen molar-refractivity contribution in [2.75, 3.05) is 4.90 Å². The highest BCUT2D eigenvalue weighted by atomic mass is 32.1. The Morgan fingerprint density at radius 3 is 2.53 bits per heavy atom. The third kappa shape index (κ3) is 3.60. The zero-order valence-corrected chi connectivity index (χ0v) is 19.5. The highest BCUT2D eigenvalue weighted by Crippen LogP contribution is 2.44. The molecule has 6 nitrogen and oxygen atoms in total. The minimum absolute atomic E-state index is 0.0314. The lowest BCUT2D eigenvalue weighted by molar-refractivity contribution is -0.117. The molecule has 3 heterocycles. The molecule has 2 aromatic heterocycles. The first-order valence-electron chi connectivity index (χ1n) is 10.8. The van der Waals surface area contributed by atoms with E-state index in [1.165, 1.54) is 29.2 Å². The third-order valence-corrected chi connectivity index (χ3v) is 6.90. The first-order chi connectivity index (χ1) is 16.2. The molecule has 1 amide bonds. The number of furan rings is 1. The number of ketones is 1. The molecule has 0 saturated heterocycles. The highest BCUT2D eigenvalue weighted by molar-refractivity contribution is 7.22. The van der Waals surface area contributed by atoms with Gasteiger partial charge in [-0.05, 0) is 54.3 Å². The number of aliphatic hydroxyl groups is 1. The fourth-order valence-corrected chi connectivity index (χ4v) is 5.11. The lowest BCUT2D eigenvalue weighted by atomic mass is 9.93. The molecule has 0 aliphatic carbocycles. The summed E-state index contributed by atoms with van der Waals surface area (Å²) in [5.74, 6) is -1.52. The number of carbonyl (C=O) groups is 2. The van der Waals surface area contributed by atoms with Crippen LogP contribution in [0, 0.1) is 12.7 Å². The van der Waals surface area contributed by atoms with Gasteiger partial charge in [0.2, 0.25) is 5.78 Å². The summed E-state index contributed by atoms with van der Waals surface area (Å²) in [5.41, 5.74) is 2.17. The van der Waals surface area contributed by atoms with E-state index in [0.717, 1.165) is 16.9 Å². The van der Waals surface area contributed by atoms with Gasteiger partial charge in [-0.15, -0.1) is 0 Å². The molecule has 0 bridgehead atoms. The Hall–Kier alpha value is -3.78. The minimum atomic E-state index is -0.919. The number of fused-ring (bicyclic) bond motifs is 1. The van der Waals surface area contributed by atoms with Crippen LogP contribution >= 0.6 is 11.3 Å². The van der Waals surface area contributed by atoms with Crippen LogP contribution in [0.1, 0.15) is 53.2 Å². The summed E-state index contributed by atoms with van der Waals surface area (Å²) in [4.78, 5) is 32.5. The number of nitrogens with zero attached hydrogens (tertiary/aromatic N) is 2. The van der Waals surface area contributed by atoms with Crippen LogP contribution in [0.5, 0.6) is 0 Å². The second-order valence-corrected chi connectivity index (χ2v) is 9.52. The van der Waals surface area contributed by atoms with Crippen LogP contribution < -0.4 is 4.90 Å². The number of thiazole rings is 1. The Morgan fingerprint density at radius 2 is 1.88 bits per heavy atom. The van der Waals surface area contributed by atoms with Crippen LogP contribution in [0.3, 0.4) is 0 Å². The maximum absolute atomic E-state index is 13.8. The first kappa shape index (κ1) is 22.0. The quantitative estimate of drug-likeness (QED) is 0.345. The molecule has 1 aliphatic rings. The fraction of sp³-hybridized carbons (Fsp3) is 0.192. The zero-order valence-electron chi connectivity index (χ0n) is 18.7. The molecule has 0 fully saturated rings. The van der Waals surface area contributed by atoms with Gasteiger partial charge in [0.1, 0.15) is 11.6 Å². The van der Waals surface area contributed by atoms with E-state index < -0.39 is 29.3 Å². The molecule has 1 N–H and O–H groups in total. The summed E-state index contributed by atoms with van der Waals surface area (Å²) in [7, 11) is 0. The number of aliphatic hydroxyl groups excluding tert-OH is 1. The number of benzene rings is 2. The van der Waals surface area contributed by atoms with Crippen molar-refractivity contribution in [3.05, 3.63) is 94.4 Å². The minimum Gasteiger partial charge on any atom is -0.503 e. The van der Waals surface area contributed by atoms with Crippen LogP contribution in [-0.2, 0) is 4.79 Å². The van der Waals surface area contributed by atoms with E-state index in [4.69, 9.17) is 4.42 Å². The number of aryl methyl sites for hydroxylation is 1. The Morgan fingerprint density at radius 1 is 1.15 bits per heavy atom. The van der Waals surface area contributed by atoms with Gasteiger partial charge in [0.25, 0.3) is 5.91 Å². The topological polar surface area (TPSA) is 83.6 Å². The first-order valence-corrected chi connectivity index (χ1v) is 11.6. The van der Waals surface area contributed by atoms with Gasteiger partial charge < -0.3 is 9.52 Å². The van der Waals surface area contributed by atoms with Crippen molar-refractivity contribution in [2.45, 2.75) is 32.7 Å². The number of rotatable bonds is 5. The number of halogens is 1. The van der Waals surface area contributed by atoms with Crippen LogP contribution in [0.4, 0.5) is 9.52 Å². The largest absolute Gasteiger partial charge is 0.503 e. The maximum atomic E-state index is 13.8. The molecule has 0 radical (unpaired) electrons. The number of hydrogen-bond acceptors (Lipinski definition) is 6. The van der Waals surface area contributed by atoms with Gasteiger partial charge in [-0.1, -0.05) is 49.4 Å². The molecule has 8 heteroatoms. The fourth-order valence-electron chi connectivity index (χ4n) is 4.09.